The summed E-state index contributed by atoms with van der Waals surface area (Å²) in [5.41, 5.74) is 1.74. The summed E-state index contributed by atoms with van der Waals surface area (Å²) in [6, 6.07) is 9.28. The molecule has 2 rings (SSSR count). The number of nitrogens with one attached hydrogen (secondary N) is 1. The van der Waals surface area contributed by atoms with Gasteiger partial charge < -0.3 is 5.32 Å². The van der Waals surface area contributed by atoms with Crippen molar-refractivity contribution in [2.75, 3.05) is 0 Å². The molecule has 1 unspecified atom stereocenters. The molecule has 0 bridgehead atoms. The van der Waals surface area contributed by atoms with Crippen LogP contribution in [0, 0.1) is 0 Å². The lowest BCUT2D eigenvalue weighted by molar-refractivity contribution is -0.121. The highest BCUT2D eigenvalue weighted by Gasteiger charge is 2.16. The normalized spacial score (nSPS) is 12.1. The molecule has 1 heterocycles. The van der Waals surface area contributed by atoms with Gasteiger partial charge in [0.15, 0.2) is 0 Å². The van der Waals surface area contributed by atoms with E-state index in [1.807, 2.05) is 43.6 Å². The van der Waals surface area contributed by atoms with Crippen LogP contribution in [0.1, 0.15) is 16.5 Å². The van der Waals surface area contributed by atoms with Crippen molar-refractivity contribution in [2.45, 2.75) is 11.9 Å². The molecular weight excluding hydrogens is 250 g/mol. The van der Waals surface area contributed by atoms with Crippen LogP contribution in [0.15, 0.2) is 42.7 Å². The molecule has 1 atom stereocenters. The number of alkyl halides is 1. The number of aromatic nitrogens is 2. The summed E-state index contributed by atoms with van der Waals surface area (Å²) in [5, 5.41) is 6.15. The van der Waals surface area contributed by atoms with Crippen LogP contribution in [0.4, 0.5) is 0 Å². The van der Waals surface area contributed by atoms with Gasteiger partial charge in [-0.05, 0) is 5.56 Å². The maximum absolute atomic E-state index is 11.9. The summed E-state index contributed by atoms with van der Waals surface area (Å²) in [6.45, 7) is 0.433. The van der Waals surface area contributed by atoms with E-state index in [1.54, 1.807) is 10.9 Å². The molecule has 18 heavy (non-hydrogen) atoms. The van der Waals surface area contributed by atoms with E-state index in [2.05, 4.69) is 10.4 Å². The van der Waals surface area contributed by atoms with Crippen molar-refractivity contribution < 1.29 is 4.79 Å². The number of carbonyl (C=O) groups is 1. The van der Waals surface area contributed by atoms with Crippen LogP contribution in [0.2, 0.25) is 0 Å². The lowest BCUT2D eigenvalue weighted by Crippen LogP contribution is -2.26. The number of aryl methyl sites for hydroxylation is 1. The van der Waals surface area contributed by atoms with Gasteiger partial charge in [-0.3, -0.25) is 9.48 Å². The molecule has 0 aliphatic carbocycles. The molecule has 0 saturated carbocycles. The lowest BCUT2D eigenvalue weighted by atomic mass is 10.1. The number of carbonyl (C=O) groups excluding carboxylic acids is 1. The summed E-state index contributed by atoms with van der Waals surface area (Å²) in [7, 11) is 1.83. The minimum atomic E-state index is -0.664. The first-order valence-corrected chi connectivity index (χ1v) is 6.04. The third-order valence-electron chi connectivity index (χ3n) is 2.55. The first-order valence-electron chi connectivity index (χ1n) is 5.61. The Labute approximate surface area is 111 Å². The molecule has 0 aliphatic rings. The number of halogens is 1. The van der Waals surface area contributed by atoms with E-state index >= 15 is 0 Å². The Morgan fingerprint density at radius 2 is 2.17 bits per heavy atom. The molecule has 1 aromatic heterocycles. The molecule has 0 aliphatic heterocycles. The van der Waals surface area contributed by atoms with Gasteiger partial charge in [-0.1, -0.05) is 30.3 Å². The van der Waals surface area contributed by atoms with Crippen molar-refractivity contribution in [3.63, 3.8) is 0 Å². The fourth-order valence-corrected chi connectivity index (χ4v) is 1.84. The summed E-state index contributed by atoms with van der Waals surface area (Å²) in [4.78, 5) is 11.9. The molecule has 4 nitrogen and oxygen atoms in total. The summed E-state index contributed by atoms with van der Waals surface area (Å²) in [6.07, 6.45) is 3.57. The lowest BCUT2D eigenvalue weighted by Gasteiger charge is -2.09. The van der Waals surface area contributed by atoms with Crippen molar-refractivity contribution in [1.82, 2.24) is 15.1 Å². The van der Waals surface area contributed by atoms with Gasteiger partial charge in [-0.25, -0.2) is 0 Å². The molecule has 0 radical (unpaired) electrons. The Morgan fingerprint density at radius 3 is 2.78 bits per heavy atom. The number of hydrogen-bond donors (Lipinski definition) is 1. The topological polar surface area (TPSA) is 46.9 Å². The number of benzene rings is 1. The van der Waals surface area contributed by atoms with Gasteiger partial charge >= 0.3 is 0 Å². The zero-order chi connectivity index (χ0) is 13.0. The summed E-state index contributed by atoms with van der Waals surface area (Å²) >= 11 is 6.10. The maximum Gasteiger partial charge on any atom is 0.242 e. The first-order chi connectivity index (χ1) is 8.66. The van der Waals surface area contributed by atoms with Gasteiger partial charge in [0, 0.05) is 25.4 Å². The van der Waals surface area contributed by atoms with E-state index in [1.165, 1.54) is 0 Å². The largest absolute Gasteiger partial charge is 0.350 e. The molecule has 0 fully saturated rings. The van der Waals surface area contributed by atoms with E-state index in [4.69, 9.17) is 11.6 Å². The van der Waals surface area contributed by atoms with E-state index in [-0.39, 0.29) is 5.91 Å². The van der Waals surface area contributed by atoms with E-state index < -0.39 is 5.38 Å². The Balaban J connectivity index is 1.92. The molecule has 2 aromatic rings. The Hall–Kier alpha value is -1.81. The van der Waals surface area contributed by atoms with Crippen LogP contribution in [0.25, 0.3) is 0 Å². The summed E-state index contributed by atoms with van der Waals surface area (Å²) < 4.78 is 1.69. The second kappa shape index (κ2) is 5.69. The monoisotopic (exact) mass is 263 g/mol. The first kappa shape index (κ1) is 12.6. The molecular formula is C13H14ClN3O. The predicted octanol–water partition coefficient (Wildman–Crippen LogP) is 2.02. The summed E-state index contributed by atoms with van der Waals surface area (Å²) in [5.74, 6) is -0.202. The van der Waals surface area contributed by atoms with Crippen molar-refractivity contribution >= 4 is 17.5 Å². The second-order valence-electron chi connectivity index (χ2n) is 4.01. The number of amides is 1. The third kappa shape index (κ3) is 3.11. The molecule has 1 aromatic carbocycles. The quantitative estimate of drug-likeness (QED) is 0.858. The van der Waals surface area contributed by atoms with Crippen LogP contribution in [-0.2, 0) is 18.4 Å². The molecule has 1 amide bonds. The van der Waals surface area contributed by atoms with E-state index in [0.717, 1.165) is 11.1 Å². The highest BCUT2D eigenvalue weighted by molar-refractivity contribution is 6.30. The number of hydrogen-bond acceptors (Lipinski definition) is 2. The second-order valence-corrected chi connectivity index (χ2v) is 4.45. The predicted molar refractivity (Wildman–Crippen MR) is 70.1 cm³/mol. The Bertz CT molecular complexity index is 524. The zero-order valence-electron chi connectivity index (χ0n) is 10.0. The van der Waals surface area contributed by atoms with Crippen LogP contribution < -0.4 is 5.32 Å². The molecule has 94 valence electrons. The molecule has 5 heteroatoms. The van der Waals surface area contributed by atoms with Crippen molar-refractivity contribution in [2.24, 2.45) is 7.05 Å². The Morgan fingerprint density at radius 1 is 1.44 bits per heavy atom. The smallest absolute Gasteiger partial charge is 0.242 e. The van der Waals surface area contributed by atoms with Gasteiger partial charge in [-0.15, -0.1) is 11.6 Å². The van der Waals surface area contributed by atoms with Crippen LogP contribution >= 0.6 is 11.6 Å². The van der Waals surface area contributed by atoms with E-state index in [9.17, 15) is 4.79 Å². The average molecular weight is 264 g/mol. The van der Waals surface area contributed by atoms with Crippen LogP contribution in [-0.4, -0.2) is 15.7 Å². The third-order valence-corrected chi connectivity index (χ3v) is 3.00. The fraction of sp³-hybridized carbons (Fsp3) is 0.231. The van der Waals surface area contributed by atoms with Crippen LogP contribution in [0.5, 0.6) is 0 Å². The number of rotatable bonds is 4. The fourth-order valence-electron chi connectivity index (χ4n) is 1.62. The Kier molecular flexibility index (Phi) is 3.99. The van der Waals surface area contributed by atoms with E-state index in [0.29, 0.717) is 6.54 Å². The standard InChI is InChI=1S/C13H14ClN3O/c1-17-9-10(8-16-17)7-15-13(18)12(14)11-5-3-2-4-6-11/h2-6,8-9,12H,7H2,1H3,(H,15,18). The van der Waals surface area contributed by atoms with Crippen molar-refractivity contribution in [1.29, 1.82) is 0 Å². The minimum absolute atomic E-state index is 0.202. The SMILES string of the molecule is Cn1cc(CNC(=O)C(Cl)c2ccccc2)cn1. The van der Waals surface area contributed by atoms with Crippen molar-refractivity contribution in [3.8, 4) is 0 Å². The van der Waals surface area contributed by atoms with Gasteiger partial charge in [-0.2, -0.15) is 5.10 Å². The van der Waals surface area contributed by atoms with Crippen molar-refractivity contribution in [3.05, 3.63) is 53.9 Å². The van der Waals surface area contributed by atoms with Gasteiger partial charge in [0.25, 0.3) is 0 Å². The average Bonchev–Trinajstić information content (AvgIpc) is 2.82. The molecule has 0 saturated heterocycles. The van der Waals surface area contributed by atoms with Crippen LogP contribution in [0.3, 0.4) is 0 Å². The highest BCUT2D eigenvalue weighted by atomic mass is 35.5. The molecule has 0 spiro atoms. The van der Waals surface area contributed by atoms with Gasteiger partial charge in [0.2, 0.25) is 5.91 Å². The molecule has 1 N–H and O–H groups in total. The zero-order valence-corrected chi connectivity index (χ0v) is 10.8. The minimum Gasteiger partial charge on any atom is -0.350 e. The number of nitrogens with zero attached hydrogens (tertiary/aromatic N) is 2. The maximum atomic E-state index is 11.9. The van der Waals surface area contributed by atoms with Gasteiger partial charge in [0.05, 0.1) is 6.20 Å². The van der Waals surface area contributed by atoms with Gasteiger partial charge in [0.1, 0.15) is 5.38 Å². The highest BCUT2D eigenvalue weighted by Crippen LogP contribution is 2.19.